The van der Waals surface area contributed by atoms with Gasteiger partial charge in [0.2, 0.25) is 11.8 Å². The highest BCUT2D eigenvalue weighted by molar-refractivity contribution is 6.30. The molecule has 36 heavy (non-hydrogen) atoms. The van der Waals surface area contributed by atoms with E-state index in [1.807, 2.05) is 61.5 Å². The summed E-state index contributed by atoms with van der Waals surface area (Å²) in [7, 11) is 0. The molecule has 0 bridgehead atoms. The van der Waals surface area contributed by atoms with Crippen LogP contribution in [0.1, 0.15) is 37.9 Å². The summed E-state index contributed by atoms with van der Waals surface area (Å²) < 4.78 is 6.27. The summed E-state index contributed by atoms with van der Waals surface area (Å²) in [6.45, 7) is 4.26. The number of piperidine rings is 1. The molecule has 0 saturated carbocycles. The Morgan fingerprint density at radius 3 is 2.64 bits per heavy atom. The van der Waals surface area contributed by atoms with Gasteiger partial charge in [-0.15, -0.1) is 0 Å². The molecule has 9 heteroatoms. The molecular formula is C27H30ClN5O3. The van der Waals surface area contributed by atoms with Crippen molar-refractivity contribution in [2.45, 2.75) is 38.3 Å². The van der Waals surface area contributed by atoms with Crippen molar-refractivity contribution in [2.24, 2.45) is 5.41 Å². The molecule has 5 rings (SSSR count). The lowest BCUT2D eigenvalue weighted by atomic mass is 9.76. The zero-order valence-electron chi connectivity index (χ0n) is 20.2. The first kappa shape index (κ1) is 24.3. The van der Waals surface area contributed by atoms with E-state index in [1.54, 1.807) is 0 Å². The van der Waals surface area contributed by atoms with Crippen molar-refractivity contribution >= 4 is 29.3 Å². The number of nitrogen functional groups attached to an aromatic ring is 1. The quantitative estimate of drug-likeness (QED) is 0.445. The molecule has 2 aromatic carbocycles. The summed E-state index contributed by atoms with van der Waals surface area (Å²) in [6.07, 6.45) is 2.15. The number of rotatable bonds is 6. The van der Waals surface area contributed by atoms with Gasteiger partial charge >= 0.3 is 5.97 Å². The van der Waals surface area contributed by atoms with Gasteiger partial charge < -0.3 is 25.8 Å². The molecule has 188 valence electrons. The molecule has 2 fully saturated rings. The Labute approximate surface area is 215 Å². The van der Waals surface area contributed by atoms with E-state index in [2.05, 4.69) is 20.2 Å². The average molecular weight is 508 g/mol. The molecule has 8 nitrogen and oxygen atoms in total. The minimum Gasteiger partial charge on any atom is -0.480 e. The Balaban J connectivity index is 1.32. The number of aromatic nitrogens is 2. The summed E-state index contributed by atoms with van der Waals surface area (Å²) in [6, 6.07) is 17.2. The minimum atomic E-state index is -0.773. The van der Waals surface area contributed by atoms with Crippen molar-refractivity contribution < 1.29 is 14.6 Å². The summed E-state index contributed by atoms with van der Waals surface area (Å²) in [4.78, 5) is 22.3. The van der Waals surface area contributed by atoms with Gasteiger partial charge in [-0.05, 0) is 54.9 Å². The fraction of sp³-hybridized carbons (Fsp3) is 0.370. The molecule has 0 aliphatic carbocycles. The van der Waals surface area contributed by atoms with Crippen molar-refractivity contribution in [1.82, 2.24) is 15.3 Å². The van der Waals surface area contributed by atoms with Crippen LogP contribution in [-0.4, -0.2) is 46.7 Å². The Hall–Kier alpha value is -3.36. The average Bonchev–Trinajstić information content (AvgIpc) is 3.28. The monoisotopic (exact) mass is 507 g/mol. The largest absolute Gasteiger partial charge is 0.480 e. The molecule has 0 radical (unpaired) electrons. The Bertz CT molecular complexity index is 1250. The maximum absolute atomic E-state index is 11.4. The van der Waals surface area contributed by atoms with Crippen molar-refractivity contribution in [3.63, 3.8) is 0 Å². The number of carboxylic acids is 1. The smallest absolute Gasteiger partial charge is 0.320 e. The molecular weight excluding hydrogens is 478 g/mol. The van der Waals surface area contributed by atoms with E-state index in [0.717, 1.165) is 55.0 Å². The first-order chi connectivity index (χ1) is 17.3. The Kier molecular flexibility index (Phi) is 6.73. The topological polar surface area (TPSA) is 114 Å². The number of aliphatic carboxylic acids is 1. The van der Waals surface area contributed by atoms with Gasteiger partial charge in [0.1, 0.15) is 18.0 Å². The Morgan fingerprint density at radius 2 is 1.94 bits per heavy atom. The van der Waals surface area contributed by atoms with E-state index in [9.17, 15) is 9.90 Å². The number of halogens is 1. The highest BCUT2D eigenvalue weighted by Gasteiger charge is 2.43. The van der Waals surface area contributed by atoms with Gasteiger partial charge in [0.15, 0.2) is 0 Å². The second-order valence-corrected chi connectivity index (χ2v) is 10.2. The highest BCUT2D eigenvalue weighted by atomic mass is 35.5. The molecule has 2 atom stereocenters. The lowest BCUT2D eigenvalue weighted by Gasteiger charge is -2.39. The van der Waals surface area contributed by atoms with Crippen LogP contribution in [0.5, 0.6) is 5.88 Å². The summed E-state index contributed by atoms with van der Waals surface area (Å²) >= 11 is 6.31. The molecule has 2 aliphatic heterocycles. The van der Waals surface area contributed by atoms with Crippen LogP contribution in [0.15, 0.2) is 54.6 Å². The van der Waals surface area contributed by atoms with Crippen molar-refractivity contribution in [3.05, 3.63) is 65.2 Å². The lowest BCUT2D eigenvalue weighted by Crippen LogP contribution is -2.41. The molecule has 0 amide bonds. The molecule has 1 aromatic heterocycles. The zero-order chi connectivity index (χ0) is 25.3. The number of ether oxygens (including phenoxy) is 1. The van der Waals surface area contributed by atoms with Gasteiger partial charge in [-0.2, -0.15) is 9.97 Å². The van der Waals surface area contributed by atoms with E-state index >= 15 is 0 Å². The maximum atomic E-state index is 11.4. The number of anilines is 2. The number of nitrogens with zero attached hydrogens (tertiary/aromatic N) is 3. The van der Waals surface area contributed by atoms with Crippen LogP contribution in [0.4, 0.5) is 11.8 Å². The molecule has 3 heterocycles. The van der Waals surface area contributed by atoms with Gasteiger partial charge in [-0.25, -0.2) is 0 Å². The summed E-state index contributed by atoms with van der Waals surface area (Å²) in [5.41, 5.74) is 9.14. The number of benzene rings is 2. The predicted molar refractivity (Wildman–Crippen MR) is 140 cm³/mol. The van der Waals surface area contributed by atoms with E-state index < -0.39 is 12.0 Å². The fourth-order valence-electron chi connectivity index (χ4n) is 5.33. The molecule has 3 aromatic rings. The van der Waals surface area contributed by atoms with Crippen LogP contribution in [0.25, 0.3) is 11.1 Å². The molecule has 1 spiro atoms. The standard InChI is InChI=1S/C27H30ClN5O3/c1-17(20-8-7-19(28)13-21(20)18-5-3-2-4-6-18)36-24-14-23(31-26(29)32-24)33-11-9-27(10-12-33)15-22(25(34)35)30-16-27/h2-8,13-14,17,22,30H,9-12,15-16H2,1H3,(H,34,35)(H2,29,31,32)/t17-,22-/m1/s1. The van der Waals surface area contributed by atoms with E-state index in [0.29, 0.717) is 17.3 Å². The molecule has 0 unspecified atom stereocenters. The molecule has 2 saturated heterocycles. The van der Waals surface area contributed by atoms with Crippen molar-refractivity contribution in [2.75, 3.05) is 30.3 Å². The third-order valence-corrected chi connectivity index (χ3v) is 7.58. The van der Waals surface area contributed by atoms with Crippen molar-refractivity contribution in [1.29, 1.82) is 0 Å². The van der Waals surface area contributed by atoms with Gasteiger partial charge in [-0.1, -0.05) is 48.0 Å². The van der Waals surface area contributed by atoms with Gasteiger partial charge in [-0.3, -0.25) is 4.79 Å². The molecule has 4 N–H and O–H groups in total. The fourth-order valence-corrected chi connectivity index (χ4v) is 5.50. The number of carboxylic acid groups (broad SMARTS) is 1. The first-order valence-corrected chi connectivity index (χ1v) is 12.6. The number of hydrogen-bond donors (Lipinski definition) is 3. The summed E-state index contributed by atoms with van der Waals surface area (Å²) in [5.74, 6) is 0.514. The van der Waals surface area contributed by atoms with Crippen LogP contribution >= 0.6 is 11.6 Å². The zero-order valence-corrected chi connectivity index (χ0v) is 20.9. The second-order valence-electron chi connectivity index (χ2n) is 9.74. The number of carbonyl (C=O) groups is 1. The van der Waals surface area contributed by atoms with Crippen molar-refractivity contribution in [3.8, 4) is 17.0 Å². The number of hydrogen-bond acceptors (Lipinski definition) is 7. The Morgan fingerprint density at radius 1 is 1.19 bits per heavy atom. The highest BCUT2D eigenvalue weighted by Crippen LogP contribution is 2.41. The third kappa shape index (κ3) is 5.10. The number of nitrogens with one attached hydrogen (secondary N) is 1. The SMILES string of the molecule is C[C@@H](Oc1cc(N2CCC3(CC2)CN[C@@H](C(=O)O)C3)nc(N)n1)c1ccc(Cl)cc1-c1ccccc1. The van der Waals surface area contributed by atoms with Crippen LogP contribution < -0.4 is 20.7 Å². The lowest BCUT2D eigenvalue weighted by molar-refractivity contribution is -0.139. The normalized spacial score (nSPS) is 19.8. The van der Waals surface area contributed by atoms with Gasteiger partial charge in [0, 0.05) is 36.3 Å². The molecule has 2 aliphatic rings. The van der Waals surface area contributed by atoms with E-state index in [1.165, 1.54) is 0 Å². The number of nitrogens with two attached hydrogens (primary N) is 1. The van der Waals surface area contributed by atoms with Crippen LogP contribution in [-0.2, 0) is 4.79 Å². The first-order valence-electron chi connectivity index (χ1n) is 12.2. The third-order valence-electron chi connectivity index (χ3n) is 7.35. The summed E-state index contributed by atoms with van der Waals surface area (Å²) in [5, 5.41) is 13.2. The van der Waals surface area contributed by atoms with E-state index in [4.69, 9.17) is 22.1 Å². The van der Waals surface area contributed by atoms with Crippen LogP contribution in [0.2, 0.25) is 5.02 Å². The predicted octanol–water partition coefficient (Wildman–Crippen LogP) is 4.55. The van der Waals surface area contributed by atoms with Gasteiger partial charge in [0.05, 0.1) is 0 Å². The maximum Gasteiger partial charge on any atom is 0.320 e. The van der Waals surface area contributed by atoms with Crippen LogP contribution in [0, 0.1) is 5.41 Å². The van der Waals surface area contributed by atoms with E-state index in [-0.39, 0.29) is 17.5 Å². The van der Waals surface area contributed by atoms with Crippen LogP contribution in [0.3, 0.4) is 0 Å². The van der Waals surface area contributed by atoms with Gasteiger partial charge in [0.25, 0.3) is 0 Å². The minimum absolute atomic E-state index is 0.0222. The second kappa shape index (κ2) is 9.95.